The largest absolute Gasteiger partial charge is 0.495 e. The first-order valence-corrected chi connectivity index (χ1v) is 6.03. The summed E-state index contributed by atoms with van der Waals surface area (Å²) in [6, 6.07) is 8.70. The number of para-hydroxylation sites is 2. The van der Waals surface area contributed by atoms with Gasteiger partial charge in [-0.2, -0.15) is 11.8 Å². The molecule has 1 heterocycles. The summed E-state index contributed by atoms with van der Waals surface area (Å²) in [6.45, 7) is 0. The second-order valence-electron chi connectivity index (χ2n) is 3.41. The molecule has 0 bridgehead atoms. The number of methoxy groups -OCH3 is 1. The number of anilines is 1. The van der Waals surface area contributed by atoms with Crippen molar-refractivity contribution in [1.82, 2.24) is 0 Å². The third kappa shape index (κ3) is 2.15. The fraction of sp³-hybridized carbons (Fsp3) is 0.455. The van der Waals surface area contributed by atoms with Crippen molar-refractivity contribution in [3.05, 3.63) is 24.3 Å². The Morgan fingerprint density at radius 1 is 1.43 bits per heavy atom. The fourth-order valence-electron chi connectivity index (χ4n) is 1.63. The Hall–Kier alpha value is -0.830. The average Bonchev–Trinajstić information content (AvgIpc) is 2.71. The Labute approximate surface area is 89.0 Å². The Morgan fingerprint density at radius 3 is 3.00 bits per heavy atom. The first-order valence-electron chi connectivity index (χ1n) is 4.87. The normalized spacial score (nSPS) is 20.8. The van der Waals surface area contributed by atoms with E-state index in [1.807, 2.05) is 30.0 Å². The molecule has 3 heteroatoms. The molecule has 0 unspecified atom stereocenters. The van der Waals surface area contributed by atoms with Crippen LogP contribution in [0.4, 0.5) is 5.69 Å². The number of benzene rings is 1. The van der Waals surface area contributed by atoms with E-state index in [4.69, 9.17) is 4.74 Å². The van der Waals surface area contributed by atoms with E-state index in [0.717, 1.165) is 11.4 Å². The van der Waals surface area contributed by atoms with Gasteiger partial charge in [0.2, 0.25) is 0 Å². The molecule has 1 aromatic carbocycles. The molecule has 1 fully saturated rings. The maximum Gasteiger partial charge on any atom is 0.141 e. The van der Waals surface area contributed by atoms with Crippen molar-refractivity contribution in [3.8, 4) is 5.75 Å². The number of nitrogens with one attached hydrogen (secondary N) is 1. The summed E-state index contributed by atoms with van der Waals surface area (Å²) in [5, 5.41) is 3.51. The molecule has 0 spiro atoms. The summed E-state index contributed by atoms with van der Waals surface area (Å²) < 4.78 is 5.29. The van der Waals surface area contributed by atoms with Crippen molar-refractivity contribution in [2.24, 2.45) is 0 Å². The highest BCUT2D eigenvalue weighted by molar-refractivity contribution is 7.99. The second kappa shape index (κ2) is 4.60. The van der Waals surface area contributed by atoms with E-state index >= 15 is 0 Å². The highest BCUT2D eigenvalue weighted by atomic mass is 32.2. The standard InChI is InChI=1S/C11H15NOS/c1-13-11-5-3-2-4-10(11)12-9-6-7-14-8-9/h2-5,9,12H,6-8H2,1H3/t9-/m1/s1. The van der Waals surface area contributed by atoms with Crippen LogP contribution in [0.5, 0.6) is 5.75 Å². The highest BCUT2D eigenvalue weighted by Crippen LogP contribution is 2.27. The molecule has 0 saturated carbocycles. The van der Waals surface area contributed by atoms with Crippen LogP contribution in [0.2, 0.25) is 0 Å². The number of hydrogen-bond donors (Lipinski definition) is 1. The van der Waals surface area contributed by atoms with Gasteiger partial charge < -0.3 is 10.1 Å². The monoisotopic (exact) mass is 209 g/mol. The minimum absolute atomic E-state index is 0.608. The predicted octanol–water partition coefficient (Wildman–Crippen LogP) is 2.61. The van der Waals surface area contributed by atoms with E-state index in [-0.39, 0.29) is 0 Å². The summed E-state index contributed by atoms with van der Waals surface area (Å²) in [5.41, 5.74) is 1.11. The van der Waals surface area contributed by atoms with Crippen LogP contribution in [-0.4, -0.2) is 24.7 Å². The summed E-state index contributed by atoms with van der Waals surface area (Å²) in [5.74, 6) is 3.41. The zero-order valence-corrected chi connectivity index (χ0v) is 9.14. The van der Waals surface area contributed by atoms with Crippen molar-refractivity contribution >= 4 is 17.4 Å². The summed E-state index contributed by atoms with van der Waals surface area (Å²) in [6.07, 6.45) is 1.25. The van der Waals surface area contributed by atoms with E-state index < -0.39 is 0 Å². The van der Waals surface area contributed by atoms with Gasteiger partial charge in [-0.05, 0) is 24.3 Å². The van der Waals surface area contributed by atoms with Crippen LogP contribution < -0.4 is 10.1 Å². The number of thioether (sulfide) groups is 1. The van der Waals surface area contributed by atoms with Gasteiger partial charge in [0.15, 0.2) is 0 Å². The molecule has 1 atom stereocenters. The number of rotatable bonds is 3. The van der Waals surface area contributed by atoms with Gasteiger partial charge >= 0.3 is 0 Å². The van der Waals surface area contributed by atoms with Gasteiger partial charge in [-0.3, -0.25) is 0 Å². The van der Waals surface area contributed by atoms with E-state index in [1.54, 1.807) is 7.11 Å². The predicted molar refractivity (Wildman–Crippen MR) is 62.3 cm³/mol. The molecule has 2 rings (SSSR count). The smallest absolute Gasteiger partial charge is 0.141 e. The Bertz CT molecular complexity index is 297. The Balaban J connectivity index is 2.07. The van der Waals surface area contributed by atoms with Crippen molar-refractivity contribution < 1.29 is 4.74 Å². The van der Waals surface area contributed by atoms with Gasteiger partial charge in [0.25, 0.3) is 0 Å². The van der Waals surface area contributed by atoms with Crippen molar-refractivity contribution in [2.45, 2.75) is 12.5 Å². The third-order valence-electron chi connectivity index (χ3n) is 2.40. The molecule has 1 N–H and O–H groups in total. The minimum Gasteiger partial charge on any atom is -0.495 e. The van der Waals surface area contributed by atoms with E-state index in [0.29, 0.717) is 6.04 Å². The summed E-state index contributed by atoms with van der Waals surface area (Å²) in [4.78, 5) is 0. The maximum atomic E-state index is 5.29. The molecule has 0 aliphatic carbocycles. The number of ether oxygens (including phenoxy) is 1. The molecule has 14 heavy (non-hydrogen) atoms. The van der Waals surface area contributed by atoms with Crippen LogP contribution in [0, 0.1) is 0 Å². The Kier molecular flexibility index (Phi) is 3.19. The van der Waals surface area contributed by atoms with Crippen molar-refractivity contribution in [3.63, 3.8) is 0 Å². The zero-order valence-electron chi connectivity index (χ0n) is 8.32. The average molecular weight is 209 g/mol. The van der Waals surface area contributed by atoms with Crippen LogP contribution in [0.15, 0.2) is 24.3 Å². The van der Waals surface area contributed by atoms with E-state index in [2.05, 4.69) is 11.4 Å². The fourth-order valence-corrected chi connectivity index (χ4v) is 2.78. The molecule has 1 aromatic rings. The van der Waals surface area contributed by atoms with Gasteiger partial charge in [0, 0.05) is 11.8 Å². The van der Waals surface area contributed by atoms with Gasteiger partial charge in [-0.25, -0.2) is 0 Å². The third-order valence-corrected chi connectivity index (χ3v) is 3.56. The van der Waals surface area contributed by atoms with Crippen LogP contribution >= 0.6 is 11.8 Å². The molecule has 2 nitrogen and oxygen atoms in total. The second-order valence-corrected chi connectivity index (χ2v) is 4.55. The molecule has 76 valence electrons. The molecule has 0 aromatic heterocycles. The molecule has 0 radical (unpaired) electrons. The lowest BCUT2D eigenvalue weighted by Gasteiger charge is -2.15. The molecule has 0 amide bonds. The lowest BCUT2D eigenvalue weighted by atomic mass is 10.2. The van der Waals surface area contributed by atoms with Gasteiger partial charge in [0.05, 0.1) is 12.8 Å². The molecule has 1 saturated heterocycles. The maximum absolute atomic E-state index is 5.29. The quantitative estimate of drug-likeness (QED) is 0.827. The van der Waals surface area contributed by atoms with E-state index in [9.17, 15) is 0 Å². The van der Waals surface area contributed by atoms with Crippen molar-refractivity contribution in [1.29, 1.82) is 0 Å². The van der Waals surface area contributed by atoms with Crippen LogP contribution in [-0.2, 0) is 0 Å². The topological polar surface area (TPSA) is 21.3 Å². The van der Waals surface area contributed by atoms with Crippen LogP contribution in [0.3, 0.4) is 0 Å². The summed E-state index contributed by atoms with van der Waals surface area (Å²) >= 11 is 2.01. The van der Waals surface area contributed by atoms with Gasteiger partial charge in [-0.15, -0.1) is 0 Å². The Morgan fingerprint density at radius 2 is 2.29 bits per heavy atom. The lowest BCUT2D eigenvalue weighted by Crippen LogP contribution is -2.18. The molecular formula is C11H15NOS. The lowest BCUT2D eigenvalue weighted by molar-refractivity contribution is 0.416. The van der Waals surface area contributed by atoms with Crippen molar-refractivity contribution in [2.75, 3.05) is 23.9 Å². The SMILES string of the molecule is COc1ccccc1N[C@@H]1CCSC1. The van der Waals surface area contributed by atoms with Crippen LogP contribution in [0.1, 0.15) is 6.42 Å². The summed E-state index contributed by atoms with van der Waals surface area (Å²) in [7, 11) is 1.71. The molecular weight excluding hydrogens is 194 g/mol. The van der Waals surface area contributed by atoms with Gasteiger partial charge in [0.1, 0.15) is 5.75 Å². The first-order chi connectivity index (χ1) is 6.90. The zero-order chi connectivity index (χ0) is 9.80. The molecule has 1 aliphatic heterocycles. The van der Waals surface area contributed by atoms with Gasteiger partial charge in [-0.1, -0.05) is 12.1 Å². The highest BCUT2D eigenvalue weighted by Gasteiger charge is 2.16. The molecule has 1 aliphatic rings. The van der Waals surface area contributed by atoms with Crippen LogP contribution in [0.25, 0.3) is 0 Å². The number of hydrogen-bond acceptors (Lipinski definition) is 3. The van der Waals surface area contributed by atoms with E-state index in [1.165, 1.54) is 17.9 Å². The minimum atomic E-state index is 0.608. The first kappa shape index (κ1) is 9.71.